The average Bonchev–Trinajstić information content (AvgIpc) is 3.17. The fourth-order valence-corrected chi connectivity index (χ4v) is 5.02. The highest BCUT2D eigenvalue weighted by Crippen LogP contribution is 2.32. The van der Waals surface area contributed by atoms with E-state index < -0.39 is 5.82 Å². The van der Waals surface area contributed by atoms with E-state index in [1.54, 1.807) is 29.0 Å². The maximum Gasteiger partial charge on any atom is 0.326 e. The molecular weight excluding hydrogens is 522 g/mol. The molecule has 3 heterocycles. The number of nitrogens with one attached hydrogen (secondary N) is 1. The normalized spacial score (nSPS) is 13.9. The molecule has 36 heavy (non-hydrogen) atoms. The Bertz CT molecular complexity index is 1480. The third kappa shape index (κ3) is 5.27. The number of halogens is 4. The number of rotatable bonds is 5. The van der Waals surface area contributed by atoms with Gasteiger partial charge in [0, 0.05) is 54.9 Å². The first-order valence-electron chi connectivity index (χ1n) is 11.4. The fourth-order valence-electron chi connectivity index (χ4n) is 4.54. The van der Waals surface area contributed by atoms with Crippen molar-refractivity contribution in [1.82, 2.24) is 19.8 Å². The Labute approximate surface area is 223 Å². The molecule has 2 aromatic carbocycles. The minimum absolute atomic E-state index is 0.112. The standard InChI is InChI=1S/C27H22Cl3FN4O/c28-19-4-5-20-21-16-34(10-1-2-17-3-6-22(29)23(31)12-17)11-8-24(21)35(25(20)14-19)27(36)33-15-18-7-9-32-26(30)13-18/h1-7,9,12-14H,8,10-11,15-16H2,(H,33,36)/b2-1+. The molecule has 1 amide bonds. The molecule has 0 bridgehead atoms. The highest BCUT2D eigenvalue weighted by atomic mass is 35.5. The number of benzene rings is 2. The van der Waals surface area contributed by atoms with Gasteiger partial charge in [0.05, 0.1) is 10.5 Å². The van der Waals surface area contributed by atoms with Crippen LogP contribution in [0.25, 0.3) is 17.0 Å². The van der Waals surface area contributed by atoms with Gasteiger partial charge in [-0.1, -0.05) is 59.1 Å². The van der Waals surface area contributed by atoms with Crippen molar-refractivity contribution in [2.75, 3.05) is 13.1 Å². The van der Waals surface area contributed by atoms with Crippen molar-refractivity contribution in [3.05, 3.63) is 104 Å². The van der Waals surface area contributed by atoms with Crippen LogP contribution in [0.5, 0.6) is 0 Å². The van der Waals surface area contributed by atoms with E-state index in [2.05, 4.69) is 15.2 Å². The Hall–Kier alpha value is -2.90. The van der Waals surface area contributed by atoms with E-state index in [1.807, 2.05) is 36.4 Å². The second kappa shape index (κ2) is 10.6. The van der Waals surface area contributed by atoms with Crippen LogP contribution in [-0.4, -0.2) is 33.6 Å². The molecule has 0 fully saturated rings. The molecule has 0 saturated carbocycles. The molecule has 0 aliphatic carbocycles. The van der Waals surface area contributed by atoms with Gasteiger partial charge in [0.25, 0.3) is 0 Å². The summed E-state index contributed by atoms with van der Waals surface area (Å²) in [6.07, 6.45) is 6.22. The van der Waals surface area contributed by atoms with E-state index in [0.717, 1.165) is 39.8 Å². The molecule has 0 saturated heterocycles. The maximum atomic E-state index is 13.7. The van der Waals surface area contributed by atoms with Crippen molar-refractivity contribution < 1.29 is 9.18 Å². The van der Waals surface area contributed by atoms with Gasteiger partial charge < -0.3 is 5.32 Å². The number of amides is 1. The van der Waals surface area contributed by atoms with Gasteiger partial charge in [-0.25, -0.2) is 14.2 Å². The van der Waals surface area contributed by atoms with Gasteiger partial charge in [0.15, 0.2) is 0 Å². The van der Waals surface area contributed by atoms with Crippen LogP contribution < -0.4 is 5.32 Å². The molecule has 5 rings (SSSR count). The lowest BCUT2D eigenvalue weighted by Crippen LogP contribution is -2.34. The molecule has 1 aliphatic heterocycles. The summed E-state index contributed by atoms with van der Waals surface area (Å²) >= 11 is 18.0. The minimum atomic E-state index is -0.432. The van der Waals surface area contributed by atoms with Gasteiger partial charge in [-0.15, -0.1) is 0 Å². The number of carbonyl (C=O) groups excluding carboxylic acids is 1. The Balaban J connectivity index is 1.36. The first-order valence-corrected chi connectivity index (χ1v) is 12.6. The molecule has 1 N–H and O–H groups in total. The van der Waals surface area contributed by atoms with Crippen molar-refractivity contribution in [1.29, 1.82) is 0 Å². The van der Waals surface area contributed by atoms with E-state index in [1.165, 1.54) is 6.07 Å². The van der Waals surface area contributed by atoms with E-state index >= 15 is 0 Å². The van der Waals surface area contributed by atoms with Crippen LogP contribution in [0.3, 0.4) is 0 Å². The quantitative estimate of drug-likeness (QED) is 0.277. The fraction of sp³-hybridized carbons (Fsp3) is 0.185. The van der Waals surface area contributed by atoms with Crippen molar-refractivity contribution in [3.8, 4) is 0 Å². The summed E-state index contributed by atoms with van der Waals surface area (Å²) in [6, 6.07) is 13.7. The van der Waals surface area contributed by atoms with Gasteiger partial charge in [-0.3, -0.25) is 9.47 Å². The first-order chi connectivity index (χ1) is 17.4. The summed E-state index contributed by atoms with van der Waals surface area (Å²) in [4.78, 5) is 19.6. The molecule has 0 radical (unpaired) electrons. The van der Waals surface area contributed by atoms with Gasteiger partial charge in [0.2, 0.25) is 0 Å². The zero-order valence-electron chi connectivity index (χ0n) is 19.1. The summed E-state index contributed by atoms with van der Waals surface area (Å²) in [7, 11) is 0. The van der Waals surface area contributed by atoms with Crippen molar-refractivity contribution in [2.24, 2.45) is 0 Å². The van der Waals surface area contributed by atoms with E-state index in [0.29, 0.717) is 36.2 Å². The van der Waals surface area contributed by atoms with Crippen LogP contribution in [0.15, 0.2) is 60.8 Å². The van der Waals surface area contributed by atoms with Gasteiger partial charge >= 0.3 is 6.03 Å². The molecule has 9 heteroatoms. The van der Waals surface area contributed by atoms with E-state index in [9.17, 15) is 9.18 Å². The third-order valence-electron chi connectivity index (χ3n) is 6.25. The minimum Gasteiger partial charge on any atom is -0.333 e. The number of hydrogen-bond acceptors (Lipinski definition) is 3. The van der Waals surface area contributed by atoms with Crippen LogP contribution in [0.2, 0.25) is 15.2 Å². The predicted molar refractivity (Wildman–Crippen MR) is 143 cm³/mol. The molecule has 0 unspecified atom stereocenters. The highest BCUT2D eigenvalue weighted by molar-refractivity contribution is 6.31. The summed E-state index contributed by atoms with van der Waals surface area (Å²) < 4.78 is 15.4. The lowest BCUT2D eigenvalue weighted by atomic mass is 10.0. The lowest BCUT2D eigenvalue weighted by Gasteiger charge is -2.27. The van der Waals surface area contributed by atoms with Crippen LogP contribution in [-0.2, 0) is 19.5 Å². The zero-order valence-corrected chi connectivity index (χ0v) is 21.4. The Morgan fingerprint density at radius 2 is 1.97 bits per heavy atom. The Morgan fingerprint density at radius 3 is 2.78 bits per heavy atom. The number of nitrogens with zero attached hydrogens (tertiary/aromatic N) is 3. The molecule has 5 nitrogen and oxygen atoms in total. The average molecular weight is 544 g/mol. The predicted octanol–water partition coefficient (Wildman–Crippen LogP) is 6.97. The number of pyridine rings is 1. The second-order valence-corrected chi connectivity index (χ2v) is 9.86. The Kier molecular flexibility index (Phi) is 7.30. The zero-order chi connectivity index (χ0) is 25.2. The molecule has 2 aromatic heterocycles. The van der Waals surface area contributed by atoms with Gasteiger partial charge in [0.1, 0.15) is 11.0 Å². The largest absolute Gasteiger partial charge is 0.333 e. The number of carbonyl (C=O) groups is 1. The highest BCUT2D eigenvalue weighted by Gasteiger charge is 2.26. The lowest BCUT2D eigenvalue weighted by molar-refractivity contribution is 0.240. The monoisotopic (exact) mass is 542 g/mol. The number of aromatic nitrogens is 2. The van der Waals surface area contributed by atoms with Crippen molar-refractivity contribution in [2.45, 2.75) is 19.5 Å². The second-order valence-electron chi connectivity index (χ2n) is 8.63. The SMILES string of the molecule is O=C(NCc1ccnc(Cl)c1)n1c2c(c3ccc(Cl)cc31)CN(C/C=C/c1ccc(Cl)c(F)c1)CC2. The number of fused-ring (bicyclic) bond motifs is 3. The Morgan fingerprint density at radius 1 is 1.11 bits per heavy atom. The van der Waals surface area contributed by atoms with Crippen LogP contribution in [0.1, 0.15) is 22.4 Å². The van der Waals surface area contributed by atoms with Crippen LogP contribution in [0, 0.1) is 5.82 Å². The van der Waals surface area contributed by atoms with E-state index in [4.69, 9.17) is 34.8 Å². The molecular formula is C27H22Cl3FN4O. The first kappa shape index (κ1) is 24.8. The summed E-state index contributed by atoms with van der Waals surface area (Å²) in [5, 5.41) is 5.06. The molecule has 4 aromatic rings. The summed E-state index contributed by atoms with van der Waals surface area (Å²) in [6.45, 7) is 2.49. The smallest absolute Gasteiger partial charge is 0.326 e. The van der Waals surface area contributed by atoms with Gasteiger partial charge in [-0.05, 0) is 53.1 Å². The van der Waals surface area contributed by atoms with Crippen LogP contribution in [0.4, 0.5) is 9.18 Å². The topological polar surface area (TPSA) is 50.2 Å². The molecule has 0 spiro atoms. The summed E-state index contributed by atoms with van der Waals surface area (Å²) in [5.74, 6) is -0.432. The van der Waals surface area contributed by atoms with E-state index in [-0.39, 0.29) is 11.1 Å². The number of hydrogen-bond donors (Lipinski definition) is 1. The van der Waals surface area contributed by atoms with Gasteiger partial charge in [-0.2, -0.15) is 0 Å². The molecule has 1 aliphatic rings. The summed E-state index contributed by atoms with van der Waals surface area (Å²) in [5.41, 5.74) is 4.50. The maximum absolute atomic E-state index is 13.7. The molecule has 0 atom stereocenters. The third-order valence-corrected chi connectivity index (χ3v) is 6.99. The van der Waals surface area contributed by atoms with Crippen molar-refractivity contribution in [3.63, 3.8) is 0 Å². The van der Waals surface area contributed by atoms with Crippen molar-refractivity contribution >= 4 is 57.8 Å². The van der Waals surface area contributed by atoms with Crippen LogP contribution >= 0.6 is 34.8 Å². The molecule has 184 valence electrons.